The molecule has 1 N–H and O–H groups in total. The number of likely N-dealkylation sites (tertiary alicyclic amines) is 1. The smallest absolute Gasteiger partial charge is 0.120 e. The van der Waals surface area contributed by atoms with Gasteiger partial charge in [0.15, 0.2) is 0 Å². The number of nitrogens with zero attached hydrogens (tertiary/aromatic N) is 1. The van der Waals surface area contributed by atoms with E-state index in [2.05, 4.69) is 38.0 Å². The van der Waals surface area contributed by atoms with Gasteiger partial charge in [-0.2, -0.15) is 0 Å². The van der Waals surface area contributed by atoms with E-state index in [0.717, 1.165) is 32.3 Å². The summed E-state index contributed by atoms with van der Waals surface area (Å²) in [7, 11) is 2.05. The molecular weight excluding hydrogens is 212 g/mol. The number of likely N-dealkylation sites (N-methyl/N-ethyl adjacent to an activating group) is 1. The van der Waals surface area contributed by atoms with Crippen LogP contribution >= 0.6 is 0 Å². The maximum atomic E-state index is 10.5. The summed E-state index contributed by atoms with van der Waals surface area (Å²) < 4.78 is 0. The summed E-state index contributed by atoms with van der Waals surface area (Å²) in [4.78, 5) is 13.0. The van der Waals surface area contributed by atoms with Crippen LogP contribution < -0.4 is 5.32 Å². The van der Waals surface area contributed by atoms with Gasteiger partial charge in [0.25, 0.3) is 0 Å². The normalized spacial score (nSPS) is 21.4. The van der Waals surface area contributed by atoms with E-state index in [4.69, 9.17) is 0 Å². The number of carbonyl (C=O) groups excluding carboxylic acids is 1. The molecule has 3 nitrogen and oxygen atoms in total. The Balaban J connectivity index is 2.36. The molecule has 0 bridgehead atoms. The molecule has 1 saturated heterocycles. The number of hydrogen-bond donors (Lipinski definition) is 1. The Kier molecular flexibility index (Phi) is 5.60. The van der Waals surface area contributed by atoms with Gasteiger partial charge in [-0.1, -0.05) is 20.8 Å². The van der Waals surface area contributed by atoms with Gasteiger partial charge in [-0.3, -0.25) is 0 Å². The zero-order valence-corrected chi connectivity index (χ0v) is 11.8. The topological polar surface area (TPSA) is 32.3 Å². The van der Waals surface area contributed by atoms with Crippen LogP contribution in [0.3, 0.4) is 0 Å². The van der Waals surface area contributed by atoms with Crippen LogP contribution in [0, 0.1) is 11.3 Å². The number of piperidine rings is 1. The molecule has 0 saturated carbocycles. The van der Waals surface area contributed by atoms with E-state index >= 15 is 0 Å². The number of carbonyl (C=O) groups is 1. The Hall–Kier alpha value is -0.410. The molecule has 1 fully saturated rings. The van der Waals surface area contributed by atoms with Crippen LogP contribution in [0.15, 0.2) is 0 Å². The summed E-state index contributed by atoms with van der Waals surface area (Å²) in [6, 6.07) is 0.533. The van der Waals surface area contributed by atoms with Crippen LogP contribution in [0.1, 0.15) is 40.0 Å². The summed E-state index contributed by atoms with van der Waals surface area (Å²) in [5.74, 6) is 0.631. The lowest BCUT2D eigenvalue weighted by Crippen LogP contribution is -2.49. The van der Waals surface area contributed by atoms with Crippen LogP contribution in [0.5, 0.6) is 0 Å². The third-order valence-corrected chi connectivity index (χ3v) is 3.97. The van der Waals surface area contributed by atoms with Crippen LogP contribution in [-0.2, 0) is 4.79 Å². The molecule has 100 valence electrons. The van der Waals surface area contributed by atoms with Crippen molar-refractivity contribution < 1.29 is 4.79 Å². The van der Waals surface area contributed by atoms with Crippen LogP contribution in [-0.4, -0.2) is 43.9 Å². The highest BCUT2D eigenvalue weighted by Gasteiger charge is 2.27. The van der Waals surface area contributed by atoms with E-state index in [9.17, 15) is 4.79 Å². The van der Waals surface area contributed by atoms with Gasteiger partial charge in [0.1, 0.15) is 6.29 Å². The predicted molar refractivity (Wildman–Crippen MR) is 72.1 cm³/mol. The van der Waals surface area contributed by atoms with E-state index in [1.807, 2.05) is 0 Å². The van der Waals surface area contributed by atoms with Crippen molar-refractivity contribution in [3.05, 3.63) is 0 Å². The van der Waals surface area contributed by atoms with Crippen molar-refractivity contribution in [2.24, 2.45) is 11.3 Å². The zero-order valence-electron chi connectivity index (χ0n) is 11.8. The van der Waals surface area contributed by atoms with E-state index in [0.29, 0.717) is 17.4 Å². The quantitative estimate of drug-likeness (QED) is 0.745. The number of rotatable bonds is 5. The standard InChI is InChI=1S/C14H28N2O/c1-14(2,3)13(15-4)11-16-8-5-12(6-9-16)7-10-17/h10,12-13,15H,5-9,11H2,1-4H3. The van der Waals surface area contributed by atoms with Gasteiger partial charge in [0.05, 0.1) is 0 Å². The zero-order chi connectivity index (χ0) is 12.9. The van der Waals surface area contributed by atoms with Crippen LogP contribution in [0.25, 0.3) is 0 Å². The number of nitrogens with one attached hydrogen (secondary N) is 1. The largest absolute Gasteiger partial charge is 0.315 e. The summed E-state index contributed by atoms with van der Waals surface area (Å²) in [5, 5.41) is 3.43. The SMILES string of the molecule is CNC(CN1CCC(CC=O)CC1)C(C)(C)C. The lowest BCUT2D eigenvalue weighted by Gasteiger charge is -2.38. The second-order valence-electron chi connectivity index (χ2n) is 6.35. The van der Waals surface area contributed by atoms with Gasteiger partial charge >= 0.3 is 0 Å². The average molecular weight is 240 g/mol. The van der Waals surface area contributed by atoms with Gasteiger partial charge in [0, 0.05) is 19.0 Å². The fourth-order valence-corrected chi connectivity index (χ4v) is 2.60. The second kappa shape index (κ2) is 6.50. The predicted octanol–water partition coefficient (Wildman–Crippen LogP) is 1.92. The second-order valence-corrected chi connectivity index (χ2v) is 6.35. The summed E-state index contributed by atoms with van der Waals surface area (Å²) in [6.45, 7) is 10.3. The molecule has 0 amide bonds. The molecule has 1 aliphatic rings. The fraction of sp³-hybridized carbons (Fsp3) is 0.929. The summed E-state index contributed by atoms with van der Waals surface area (Å²) in [5.41, 5.74) is 0.300. The lowest BCUT2D eigenvalue weighted by atomic mass is 9.85. The minimum atomic E-state index is 0.300. The molecule has 1 unspecified atom stereocenters. The van der Waals surface area contributed by atoms with Crippen molar-refractivity contribution in [3.8, 4) is 0 Å². The molecule has 1 heterocycles. The Morgan fingerprint density at radius 3 is 2.35 bits per heavy atom. The first-order chi connectivity index (χ1) is 7.97. The molecule has 0 spiro atoms. The highest BCUT2D eigenvalue weighted by atomic mass is 16.1. The monoisotopic (exact) mass is 240 g/mol. The van der Waals surface area contributed by atoms with Gasteiger partial charge in [-0.15, -0.1) is 0 Å². The Bertz CT molecular complexity index is 227. The molecule has 0 aromatic rings. The number of aldehydes is 1. The molecular formula is C14H28N2O. The van der Waals surface area contributed by atoms with Crippen molar-refractivity contribution in [1.82, 2.24) is 10.2 Å². The van der Waals surface area contributed by atoms with Gasteiger partial charge in [-0.25, -0.2) is 0 Å². The summed E-state index contributed by atoms with van der Waals surface area (Å²) >= 11 is 0. The van der Waals surface area contributed by atoms with Crippen molar-refractivity contribution in [3.63, 3.8) is 0 Å². The van der Waals surface area contributed by atoms with Gasteiger partial charge in [-0.05, 0) is 44.3 Å². The maximum absolute atomic E-state index is 10.5. The van der Waals surface area contributed by atoms with Crippen molar-refractivity contribution in [2.45, 2.75) is 46.1 Å². The van der Waals surface area contributed by atoms with Crippen LogP contribution in [0.2, 0.25) is 0 Å². The Morgan fingerprint density at radius 1 is 1.35 bits per heavy atom. The minimum absolute atomic E-state index is 0.300. The highest BCUT2D eigenvalue weighted by Crippen LogP contribution is 2.23. The highest BCUT2D eigenvalue weighted by molar-refractivity contribution is 5.49. The third-order valence-electron chi connectivity index (χ3n) is 3.97. The fourth-order valence-electron chi connectivity index (χ4n) is 2.60. The molecule has 1 atom stereocenters. The van der Waals surface area contributed by atoms with E-state index in [1.54, 1.807) is 0 Å². The molecule has 0 aromatic carbocycles. The Labute approximate surface area is 106 Å². The van der Waals surface area contributed by atoms with Gasteiger partial charge < -0.3 is 15.0 Å². The third kappa shape index (κ3) is 4.76. The molecule has 17 heavy (non-hydrogen) atoms. The van der Waals surface area contributed by atoms with E-state index in [1.165, 1.54) is 12.8 Å². The average Bonchev–Trinajstić information content (AvgIpc) is 2.27. The maximum Gasteiger partial charge on any atom is 0.120 e. The van der Waals surface area contributed by atoms with Gasteiger partial charge in [0.2, 0.25) is 0 Å². The van der Waals surface area contributed by atoms with Crippen molar-refractivity contribution in [1.29, 1.82) is 0 Å². The van der Waals surface area contributed by atoms with E-state index in [-0.39, 0.29) is 0 Å². The number of hydrogen-bond acceptors (Lipinski definition) is 3. The first-order valence-corrected chi connectivity index (χ1v) is 6.80. The molecule has 0 aliphatic carbocycles. The summed E-state index contributed by atoms with van der Waals surface area (Å²) in [6.07, 6.45) is 4.19. The first kappa shape index (κ1) is 14.7. The minimum Gasteiger partial charge on any atom is -0.315 e. The lowest BCUT2D eigenvalue weighted by molar-refractivity contribution is -0.108. The molecule has 0 aromatic heterocycles. The van der Waals surface area contributed by atoms with Crippen molar-refractivity contribution in [2.75, 3.05) is 26.7 Å². The molecule has 1 rings (SSSR count). The van der Waals surface area contributed by atoms with Crippen LogP contribution in [0.4, 0.5) is 0 Å². The van der Waals surface area contributed by atoms with Crippen molar-refractivity contribution >= 4 is 6.29 Å². The first-order valence-electron chi connectivity index (χ1n) is 6.80. The van der Waals surface area contributed by atoms with E-state index < -0.39 is 0 Å². The molecule has 0 radical (unpaired) electrons. The molecule has 3 heteroatoms. The molecule has 1 aliphatic heterocycles. The Morgan fingerprint density at radius 2 is 1.94 bits per heavy atom.